The van der Waals surface area contributed by atoms with Crippen molar-refractivity contribution in [3.8, 4) is 51.3 Å². The van der Waals surface area contributed by atoms with Crippen molar-refractivity contribution in [2.45, 2.75) is 0 Å². The molecular weight excluding hydrogens is 677 g/mol. The molecule has 10 rings (SSSR count). The molecule has 0 saturated carbocycles. The molecule has 6 aromatic carbocycles. The first kappa shape index (κ1) is 31.2. The number of nitriles is 1. The molecule has 0 bridgehead atoms. The third kappa shape index (κ3) is 4.93. The van der Waals surface area contributed by atoms with Crippen molar-refractivity contribution < 1.29 is 8.78 Å². The van der Waals surface area contributed by atoms with Gasteiger partial charge in [-0.15, -0.1) is 0 Å². The number of benzene rings is 6. The van der Waals surface area contributed by atoms with Crippen molar-refractivity contribution in [1.82, 2.24) is 29.1 Å². The molecule has 4 aromatic heterocycles. The quantitative estimate of drug-likeness (QED) is 0.178. The Labute approximate surface area is 306 Å². The minimum atomic E-state index is -0.697. The highest BCUT2D eigenvalue weighted by Gasteiger charge is 2.23. The lowest BCUT2D eigenvalue weighted by Gasteiger charge is -2.18. The summed E-state index contributed by atoms with van der Waals surface area (Å²) >= 11 is 0. The predicted molar refractivity (Wildman–Crippen MR) is 207 cm³/mol. The van der Waals surface area contributed by atoms with Crippen molar-refractivity contribution >= 4 is 43.6 Å². The lowest BCUT2D eigenvalue weighted by atomic mass is 9.99. The van der Waals surface area contributed by atoms with Gasteiger partial charge in [-0.2, -0.15) is 5.26 Å². The molecule has 0 aliphatic rings. The van der Waals surface area contributed by atoms with Crippen molar-refractivity contribution in [2.24, 2.45) is 0 Å². The SMILES string of the molecule is N#Cc1c(-n2c3ccccc3c3cc(-c4ncccn4)ccc32)cc(-c2cc(F)cc(F)c2)cc1-n1c2ccccc2c2cc(-c3ncccn3)ccc21. The van der Waals surface area contributed by atoms with Gasteiger partial charge in [0.25, 0.3) is 0 Å². The Morgan fingerprint density at radius 1 is 0.426 bits per heavy atom. The molecule has 0 N–H and O–H groups in total. The molecule has 0 aliphatic heterocycles. The van der Waals surface area contributed by atoms with E-state index >= 15 is 0 Å². The van der Waals surface area contributed by atoms with Crippen LogP contribution in [0, 0.1) is 23.0 Å². The molecule has 7 nitrogen and oxygen atoms in total. The van der Waals surface area contributed by atoms with Gasteiger partial charge < -0.3 is 9.13 Å². The van der Waals surface area contributed by atoms with Gasteiger partial charge in [-0.25, -0.2) is 28.7 Å². The van der Waals surface area contributed by atoms with Crippen LogP contribution in [0.25, 0.3) is 88.9 Å². The van der Waals surface area contributed by atoms with Crippen LogP contribution >= 0.6 is 0 Å². The van der Waals surface area contributed by atoms with Gasteiger partial charge in [0.15, 0.2) is 11.6 Å². The van der Waals surface area contributed by atoms with Crippen LogP contribution in [0.5, 0.6) is 0 Å². The van der Waals surface area contributed by atoms with Gasteiger partial charge in [-0.3, -0.25) is 0 Å². The Bertz CT molecular complexity index is 2950. The Kier molecular flexibility index (Phi) is 7.10. The topological polar surface area (TPSA) is 85.2 Å². The molecule has 0 spiro atoms. The third-order valence-corrected chi connectivity index (χ3v) is 9.88. The molecule has 0 saturated heterocycles. The molecule has 0 amide bonds. The highest BCUT2D eigenvalue weighted by atomic mass is 19.1. The highest BCUT2D eigenvalue weighted by molar-refractivity contribution is 6.12. The maximum absolute atomic E-state index is 14.9. The standard InChI is InChI=1S/C45H25F2N7/c46-31-19-29(20-32(47)25-31)30-23-42(53-38-9-3-1-7-33(38)35-21-27(11-13-40(35)53)44-49-15-5-16-50-44)37(26-48)43(24-30)54-39-10-4-2-8-34(39)36-22-28(12-14-41(36)54)45-51-17-6-18-52-45/h1-25H. The van der Waals surface area contributed by atoms with Gasteiger partial charge in [-0.05, 0) is 96.1 Å². The van der Waals surface area contributed by atoms with Crippen LogP contribution in [0.3, 0.4) is 0 Å². The van der Waals surface area contributed by atoms with E-state index in [9.17, 15) is 14.0 Å². The van der Waals surface area contributed by atoms with E-state index < -0.39 is 11.6 Å². The smallest absolute Gasteiger partial charge is 0.159 e. The average molecular weight is 702 g/mol. The number of aromatic nitrogens is 6. The van der Waals surface area contributed by atoms with Crippen molar-refractivity contribution in [2.75, 3.05) is 0 Å². The molecular formula is C45H25F2N7. The summed E-state index contributed by atoms with van der Waals surface area (Å²) in [6.07, 6.45) is 6.84. The zero-order valence-electron chi connectivity index (χ0n) is 28.3. The van der Waals surface area contributed by atoms with Gasteiger partial charge in [0.2, 0.25) is 0 Å². The number of hydrogen-bond acceptors (Lipinski definition) is 5. The molecule has 54 heavy (non-hydrogen) atoms. The van der Waals surface area contributed by atoms with E-state index in [0.717, 1.165) is 60.8 Å². The van der Waals surface area contributed by atoms with Gasteiger partial charge in [-0.1, -0.05) is 36.4 Å². The fraction of sp³-hybridized carbons (Fsp3) is 0. The van der Waals surface area contributed by atoms with E-state index in [2.05, 4.69) is 47.3 Å². The van der Waals surface area contributed by atoms with E-state index in [1.807, 2.05) is 84.9 Å². The largest absolute Gasteiger partial charge is 0.308 e. The van der Waals surface area contributed by atoms with Crippen LogP contribution in [-0.4, -0.2) is 29.1 Å². The van der Waals surface area contributed by atoms with Gasteiger partial charge in [0.1, 0.15) is 23.3 Å². The van der Waals surface area contributed by atoms with Gasteiger partial charge in [0, 0.05) is 63.5 Å². The van der Waals surface area contributed by atoms with E-state index in [4.69, 9.17) is 0 Å². The number of halogens is 2. The molecule has 0 unspecified atom stereocenters. The molecule has 10 aromatic rings. The summed E-state index contributed by atoms with van der Waals surface area (Å²) in [4.78, 5) is 17.9. The second kappa shape index (κ2) is 12.3. The van der Waals surface area contributed by atoms with Crippen LogP contribution < -0.4 is 0 Å². The first-order valence-electron chi connectivity index (χ1n) is 17.2. The Balaban J connectivity index is 1.31. The normalized spacial score (nSPS) is 11.5. The van der Waals surface area contributed by atoms with Crippen LogP contribution in [0.1, 0.15) is 5.56 Å². The summed E-state index contributed by atoms with van der Waals surface area (Å²) in [7, 11) is 0. The summed E-state index contributed by atoms with van der Waals surface area (Å²) in [5.74, 6) is -0.200. The molecule has 0 fully saturated rings. The minimum Gasteiger partial charge on any atom is -0.308 e. The monoisotopic (exact) mass is 701 g/mol. The Hall–Kier alpha value is -7.57. The number of nitrogens with zero attached hydrogens (tertiary/aromatic N) is 7. The van der Waals surface area contributed by atoms with Crippen LogP contribution in [0.2, 0.25) is 0 Å². The predicted octanol–water partition coefficient (Wildman–Crippen LogP) is 10.6. The summed E-state index contributed by atoms with van der Waals surface area (Å²) in [6, 6.07) is 41.3. The Morgan fingerprint density at radius 2 is 0.852 bits per heavy atom. The molecule has 254 valence electrons. The molecule has 0 atom stereocenters. The number of para-hydroxylation sites is 2. The van der Waals surface area contributed by atoms with Gasteiger partial charge in [0.05, 0.1) is 33.4 Å². The van der Waals surface area contributed by atoms with E-state index in [0.29, 0.717) is 39.7 Å². The molecule has 9 heteroatoms. The van der Waals surface area contributed by atoms with Crippen LogP contribution in [0.15, 0.2) is 152 Å². The lowest BCUT2D eigenvalue weighted by molar-refractivity contribution is 0.584. The third-order valence-electron chi connectivity index (χ3n) is 9.88. The second-order valence-electron chi connectivity index (χ2n) is 13.0. The summed E-state index contributed by atoms with van der Waals surface area (Å²) in [5, 5.41) is 15.0. The number of fused-ring (bicyclic) bond motifs is 6. The second-order valence-corrected chi connectivity index (χ2v) is 13.0. The maximum atomic E-state index is 14.9. The first-order chi connectivity index (χ1) is 26.6. The molecule has 0 aliphatic carbocycles. The molecule has 0 radical (unpaired) electrons. The fourth-order valence-corrected chi connectivity index (χ4v) is 7.61. The van der Waals surface area contributed by atoms with Crippen molar-refractivity contribution in [3.05, 3.63) is 169 Å². The van der Waals surface area contributed by atoms with E-state index in [1.54, 1.807) is 36.9 Å². The minimum absolute atomic E-state index is 0.341. The first-order valence-corrected chi connectivity index (χ1v) is 17.2. The maximum Gasteiger partial charge on any atom is 0.159 e. The number of rotatable bonds is 5. The summed E-state index contributed by atoms with van der Waals surface area (Å²) < 4.78 is 33.9. The molecule has 4 heterocycles. The fourth-order valence-electron chi connectivity index (χ4n) is 7.61. The summed E-state index contributed by atoms with van der Waals surface area (Å²) in [6.45, 7) is 0. The summed E-state index contributed by atoms with van der Waals surface area (Å²) in [5.41, 5.74) is 7.49. The zero-order chi connectivity index (χ0) is 36.3. The number of hydrogen-bond donors (Lipinski definition) is 0. The van der Waals surface area contributed by atoms with E-state index in [-0.39, 0.29) is 0 Å². The van der Waals surface area contributed by atoms with Crippen molar-refractivity contribution in [1.29, 1.82) is 5.26 Å². The van der Waals surface area contributed by atoms with E-state index in [1.165, 1.54) is 12.1 Å². The Morgan fingerprint density at radius 3 is 1.31 bits per heavy atom. The lowest BCUT2D eigenvalue weighted by Crippen LogP contribution is -2.05. The van der Waals surface area contributed by atoms with Gasteiger partial charge >= 0.3 is 0 Å². The highest BCUT2D eigenvalue weighted by Crippen LogP contribution is 2.41. The van der Waals surface area contributed by atoms with Crippen molar-refractivity contribution in [3.63, 3.8) is 0 Å². The zero-order valence-corrected chi connectivity index (χ0v) is 28.3. The average Bonchev–Trinajstić information content (AvgIpc) is 3.72. The van der Waals surface area contributed by atoms with Crippen LogP contribution in [-0.2, 0) is 0 Å². The van der Waals surface area contributed by atoms with Crippen LogP contribution in [0.4, 0.5) is 8.78 Å².